The van der Waals surface area contributed by atoms with E-state index in [0.717, 1.165) is 11.3 Å². The minimum atomic E-state index is -0.559. The van der Waals surface area contributed by atoms with Crippen molar-refractivity contribution >= 4 is 11.8 Å². The number of carbonyl (C=O) groups excluding carboxylic acids is 2. The first-order valence-corrected chi connectivity index (χ1v) is 10.3. The molecule has 0 bridgehead atoms. The van der Waals surface area contributed by atoms with Gasteiger partial charge in [-0.05, 0) is 48.6 Å². The zero-order valence-electron chi connectivity index (χ0n) is 17.6. The van der Waals surface area contributed by atoms with E-state index in [4.69, 9.17) is 4.74 Å². The lowest BCUT2D eigenvalue weighted by Crippen LogP contribution is -2.54. The van der Waals surface area contributed by atoms with Crippen LogP contribution in [-0.2, 0) is 9.53 Å². The van der Waals surface area contributed by atoms with Crippen LogP contribution in [0.5, 0.6) is 0 Å². The van der Waals surface area contributed by atoms with Crippen LogP contribution >= 0.6 is 0 Å². The molecule has 2 fully saturated rings. The van der Waals surface area contributed by atoms with Gasteiger partial charge in [0.25, 0.3) is 11.5 Å². The van der Waals surface area contributed by atoms with Crippen molar-refractivity contribution in [3.63, 3.8) is 0 Å². The number of amides is 2. The Hall–Kier alpha value is -2.93. The van der Waals surface area contributed by atoms with Crippen LogP contribution in [0.2, 0.25) is 0 Å². The second-order valence-electron chi connectivity index (χ2n) is 8.52. The Balaban J connectivity index is 1.64. The quantitative estimate of drug-likeness (QED) is 0.841. The first kappa shape index (κ1) is 20.3. The normalized spacial score (nSPS) is 21.3. The van der Waals surface area contributed by atoms with Gasteiger partial charge in [0.1, 0.15) is 17.8 Å². The highest BCUT2D eigenvalue weighted by Crippen LogP contribution is 2.28. The second kappa shape index (κ2) is 7.72. The topological polar surface area (TPSA) is 80.6 Å². The SMILES string of the molecule is Cc1ccn(-c2cccc(C(C)C)c2)c(=O)c1C(=O)N1CCC2(CNC(=O)CO2)C1. The van der Waals surface area contributed by atoms with Crippen molar-refractivity contribution in [1.82, 2.24) is 14.8 Å². The number of ether oxygens (including phenoxy) is 1. The highest BCUT2D eigenvalue weighted by atomic mass is 16.5. The molecule has 2 aliphatic rings. The van der Waals surface area contributed by atoms with Crippen molar-refractivity contribution < 1.29 is 14.3 Å². The van der Waals surface area contributed by atoms with Gasteiger partial charge in [0.05, 0.1) is 6.54 Å². The minimum Gasteiger partial charge on any atom is -0.361 e. The molecule has 1 aromatic heterocycles. The fourth-order valence-electron chi connectivity index (χ4n) is 4.14. The predicted octanol–water partition coefficient (Wildman–Crippen LogP) is 2.00. The van der Waals surface area contributed by atoms with Crippen molar-refractivity contribution in [2.24, 2.45) is 0 Å². The van der Waals surface area contributed by atoms with Gasteiger partial charge >= 0.3 is 0 Å². The number of carbonyl (C=O) groups is 2. The van der Waals surface area contributed by atoms with Crippen LogP contribution < -0.4 is 10.9 Å². The molecular weight excluding hydrogens is 382 g/mol. The second-order valence-corrected chi connectivity index (χ2v) is 8.52. The first-order valence-electron chi connectivity index (χ1n) is 10.3. The van der Waals surface area contributed by atoms with E-state index in [1.54, 1.807) is 24.1 Å². The number of hydrogen-bond donors (Lipinski definition) is 1. The van der Waals surface area contributed by atoms with Crippen molar-refractivity contribution in [2.75, 3.05) is 26.2 Å². The molecular formula is C23H27N3O4. The summed E-state index contributed by atoms with van der Waals surface area (Å²) in [5.41, 5.74) is 1.84. The zero-order valence-corrected chi connectivity index (χ0v) is 17.6. The van der Waals surface area contributed by atoms with Crippen LogP contribution in [0.3, 0.4) is 0 Å². The Morgan fingerprint density at radius 2 is 2.03 bits per heavy atom. The summed E-state index contributed by atoms with van der Waals surface area (Å²) in [5.74, 6) is -0.0935. The highest BCUT2D eigenvalue weighted by molar-refractivity contribution is 5.95. The number of likely N-dealkylation sites (tertiary alicyclic amines) is 1. The standard InChI is InChI=1S/C23H27N3O4/c1-15(2)17-5-4-6-18(11-17)26-9-7-16(3)20(22(26)29)21(28)25-10-8-23(14-25)13-24-19(27)12-30-23/h4-7,9,11,15H,8,10,12-14H2,1-3H3,(H,24,27). The number of rotatable bonds is 3. The van der Waals surface area contributed by atoms with Gasteiger partial charge in [-0.3, -0.25) is 19.0 Å². The number of morpholine rings is 1. The smallest absolute Gasteiger partial charge is 0.268 e. The molecule has 1 spiro atoms. The van der Waals surface area contributed by atoms with Crippen molar-refractivity contribution in [3.8, 4) is 5.69 Å². The summed E-state index contributed by atoms with van der Waals surface area (Å²) in [5, 5.41) is 2.81. The Kier molecular flexibility index (Phi) is 5.24. The fourth-order valence-corrected chi connectivity index (χ4v) is 4.14. The number of benzene rings is 1. The summed E-state index contributed by atoms with van der Waals surface area (Å²) in [6.07, 6.45) is 2.36. The Labute approximate surface area is 175 Å². The van der Waals surface area contributed by atoms with E-state index in [0.29, 0.717) is 37.5 Å². The number of aromatic nitrogens is 1. The maximum Gasteiger partial charge on any atom is 0.268 e. The molecule has 0 radical (unpaired) electrons. The van der Waals surface area contributed by atoms with Crippen LogP contribution in [-0.4, -0.2) is 53.1 Å². The third-order valence-corrected chi connectivity index (χ3v) is 6.05. The summed E-state index contributed by atoms with van der Waals surface area (Å²) in [4.78, 5) is 39.7. The van der Waals surface area contributed by atoms with Crippen LogP contribution in [0.4, 0.5) is 0 Å². The van der Waals surface area contributed by atoms with E-state index in [-0.39, 0.29) is 29.5 Å². The van der Waals surface area contributed by atoms with Gasteiger partial charge in [-0.25, -0.2) is 0 Å². The molecule has 1 aromatic carbocycles. The summed E-state index contributed by atoms with van der Waals surface area (Å²) < 4.78 is 7.29. The lowest BCUT2D eigenvalue weighted by molar-refractivity contribution is -0.141. The average molecular weight is 409 g/mol. The molecule has 2 aliphatic heterocycles. The van der Waals surface area contributed by atoms with Gasteiger partial charge in [0, 0.05) is 25.0 Å². The van der Waals surface area contributed by atoms with E-state index in [1.165, 1.54) is 4.57 Å². The molecule has 1 unspecified atom stereocenters. The maximum atomic E-state index is 13.3. The molecule has 1 atom stereocenters. The molecule has 30 heavy (non-hydrogen) atoms. The number of hydrogen-bond acceptors (Lipinski definition) is 4. The molecule has 3 heterocycles. The third-order valence-electron chi connectivity index (χ3n) is 6.05. The molecule has 4 rings (SSSR count). The van der Waals surface area contributed by atoms with Crippen LogP contribution in [0.1, 0.15) is 47.7 Å². The predicted molar refractivity (Wildman–Crippen MR) is 113 cm³/mol. The van der Waals surface area contributed by atoms with Crippen molar-refractivity contribution in [1.29, 1.82) is 0 Å². The van der Waals surface area contributed by atoms with Crippen molar-refractivity contribution in [2.45, 2.75) is 38.7 Å². The van der Waals surface area contributed by atoms with Crippen LogP contribution in [0.25, 0.3) is 5.69 Å². The maximum absolute atomic E-state index is 13.3. The number of aryl methyl sites for hydroxylation is 1. The molecule has 0 saturated carbocycles. The Bertz CT molecular complexity index is 1050. The van der Waals surface area contributed by atoms with Gasteiger partial charge in [-0.2, -0.15) is 0 Å². The third kappa shape index (κ3) is 3.65. The lowest BCUT2D eigenvalue weighted by Gasteiger charge is -2.33. The average Bonchev–Trinajstić information content (AvgIpc) is 3.14. The monoisotopic (exact) mass is 409 g/mol. The van der Waals surface area contributed by atoms with Gasteiger partial charge in [0.2, 0.25) is 5.91 Å². The lowest BCUT2D eigenvalue weighted by atomic mass is 10.0. The number of nitrogens with zero attached hydrogens (tertiary/aromatic N) is 2. The molecule has 2 aromatic rings. The van der Waals surface area contributed by atoms with E-state index in [1.807, 2.05) is 24.3 Å². The van der Waals surface area contributed by atoms with Crippen molar-refractivity contribution in [3.05, 3.63) is 63.6 Å². The van der Waals surface area contributed by atoms with E-state index in [2.05, 4.69) is 19.2 Å². The van der Waals surface area contributed by atoms with Crippen LogP contribution in [0, 0.1) is 6.92 Å². The first-order chi connectivity index (χ1) is 14.3. The van der Waals surface area contributed by atoms with E-state index >= 15 is 0 Å². The fraction of sp³-hybridized carbons (Fsp3) is 0.435. The molecule has 0 aliphatic carbocycles. The molecule has 2 saturated heterocycles. The molecule has 7 heteroatoms. The van der Waals surface area contributed by atoms with Crippen LogP contribution in [0.15, 0.2) is 41.3 Å². The van der Waals surface area contributed by atoms with E-state index < -0.39 is 5.60 Å². The molecule has 158 valence electrons. The van der Waals surface area contributed by atoms with Gasteiger partial charge in [-0.1, -0.05) is 26.0 Å². The largest absolute Gasteiger partial charge is 0.361 e. The van der Waals surface area contributed by atoms with Gasteiger partial charge in [0.15, 0.2) is 0 Å². The minimum absolute atomic E-state index is 0.00535. The summed E-state index contributed by atoms with van der Waals surface area (Å²) in [6, 6.07) is 9.63. The zero-order chi connectivity index (χ0) is 21.5. The molecule has 7 nitrogen and oxygen atoms in total. The highest BCUT2D eigenvalue weighted by Gasteiger charge is 2.44. The number of pyridine rings is 1. The summed E-state index contributed by atoms with van der Waals surface area (Å²) in [7, 11) is 0. The van der Waals surface area contributed by atoms with Gasteiger partial charge < -0.3 is 15.0 Å². The summed E-state index contributed by atoms with van der Waals surface area (Å²) in [6.45, 7) is 7.23. The van der Waals surface area contributed by atoms with E-state index in [9.17, 15) is 14.4 Å². The molecule has 1 N–H and O–H groups in total. The number of nitrogens with one attached hydrogen (secondary N) is 1. The summed E-state index contributed by atoms with van der Waals surface area (Å²) >= 11 is 0. The Morgan fingerprint density at radius 1 is 1.23 bits per heavy atom. The van der Waals surface area contributed by atoms with Gasteiger partial charge in [-0.15, -0.1) is 0 Å². The Morgan fingerprint density at radius 3 is 2.73 bits per heavy atom. The molecule has 2 amide bonds.